The molecule has 0 heterocycles. The molecule has 0 amide bonds. The average Bonchev–Trinajstić information content (AvgIpc) is 2.14. The Morgan fingerprint density at radius 1 is 1.35 bits per heavy atom. The lowest BCUT2D eigenvalue weighted by Gasteiger charge is -2.17. The minimum Gasteiger partial charge on any atom is -0.491 e. The predicted molar refractivity (Wildman–Crippen MR) is 71.2 cm³/mol. The Morgan fingerprint density at radius 2 is 1.94 bits per heavy atom. The summed E-state index contributed by atoms with van der Waals surface area (Å²) in [5.41, 5.74) is 1.54. The number of Topliss-reactive ketones (excluding diaryl/α,β-unsaturated/α-hetero) is 1. The smallest absolute Gasteiger partial charge is 0.183 e. The maximum Gasteiger partial charge on any atom is 0.183 e. The van der Waals surface area contributed by atoms with E-state index in [2.05, 4.69) is 0 Å². The van der Waals surface area contributed by atoms with Crippen LogP contribution in [0.3, 0.4) is 0 Å². The topological polar surface area (TPSA) is 26.3 Å². The van der Waals surface area contributed by atoms with E-state index in [1.54, 1.807) is 19.9 Å². The first-order valence-corrected chi connectivity index (χ1v) is 6.10. The first-order chi connectivity index (χ1) is 7.71. The molecule has 0 saturated carbocycles. The lowest BCUT2D eigenvalue weighted by atomic mass is 9.96. The Bertz CT molecular complexity index is 417. The number of hydrogen-bond donors (Lipinski definition) is 0. The Kier molecular flexibility index (Phi) is 4.21. The number of carbonyl (C=O) groups is 1. The minimum atomic E-state index is -0.870. The molecule has 0 fully saturated rings. The van der Waals surface area contributed by atoms with Crippen molar-refractivity contribution in [2.45, 2.75) is 45.6 Å². The summed E-state index contributed by atoms with van der Waals surface area (Å²) in [5.74, 6) is 0.717. The standard InChI is InChI=1S/C14H19ClO2/c1-9(2)17-11-6-7-12(10(3)8-11)13(16)14(4,5)15/h6-9H,1-5H3. The van der Waals surface area contributed by atoms with E-state index in [4.69, 9.17) is 16.3 Å². The van der Waals surface area contributed by atoms with Crippen molar-refractivity contribution < 1.29 is 9.53 Å². The molecule has 17 heavy (non-hydrogen) atoms. The van der Waals surface area contributed by atoms with Crippen LogP contribution in [0.15, 0.2) is 18.2 Å². The first-order valence-electron chi connectivity index (χ1n) is 5.73. The molecule has 0 N–H and O–H groups in total. The third-order valence-corrected chi connectivity index (χ3v) is 2.53. The van der Waals surface area contributed by atoms with E-state index in [1.807, 2.05) is 32.9 Å². The first kappa shape index (κ1) is 14.0. The van der Waals surface area contributed by atoms with E-state index in [0.717, 1.165) is 11.3 Å². The number of aryl methyl sites for hydroxylation is 1. The number of benzene rings is 1. The highest BCUT2D eigenvalue weighted by Crippen LogP contribution is 2.25. The molecule has 3 heteroatoms. The minimum absolute atomic E-state index is 0.0623. The van der Waals surface area contributed by atoms with Crippen LogP contribution in [0.2, 0.25) is 0 Å². The Labute approximate surface area is 108 Å². The maximum absolute atomic E-state index is 12.0. The third-order valence-electron chi connectivity index (χ3n) is 2.35. The summed E-state index contributed by atoms with van der Waals surface area (Å²) in [6, 6.07) is 5.46. The van der Waals surface area contributed by atoms with Crippen LogP contribution in [0, 0.1) is 6.92 Å². The van der Waals surface area contributed by atoms with Gasteiger partial charge in [-0.2, -0.15) is 0 Å². The highest BCUT2D eigenvalue weighted by molar-refractivity contribution is 6.37. The molecule has 1 aromatic carbocycles. The molecule has 94 valence electrons. The third kappa shape index (κ3) is 3.74. The Hall–Kier alpha value is -1.02. The van der Waals surface area contributed by atoms with E-state index >= 15 is 0 Å². The van der Waals surface area contributed by atoms with Gasteiger partial charge in [0.05, 0.1) is 6.10 Å². The van der Waals surface area contributed by atoms with Gasteiger partial charge in [-0.15, -0.1) is 11.6 Å². The van der Waals surface area contributed by atoms with Gasteiger partial charge in [-0.3, -0.25) is 4.79 Å². The fourth-order valence-corrected chi connectivity index (χ4v) is 1.66. The van der Waals surface area contributed by atoms with Crippen LogP contribution in [-0.4, -0.2) is 16.8 Å². The quantitative estimate of drug-likeness (QED) is 0.600. The number of carbonyl (C=O) groups excluding carboxylic acids is 1. The SMILES string of the molecule is Cc1cc(OC(C)C)ccc1C(=O)C(C)(C)Cl. The molecule has 0 aliphatic rings. The summed E-state index contributed by atoms with van der Waals surface area (Å²) < 4.78 is 5.57. The van der Waals surface area contributed by atoms with Crippen LogP contribution in [0.1, 0.15) is 43.6 Å². The van der Waals surface area contributed by atoms with Gasteiger partial charge in [-0.25, -0.2) is 0 Å². The molecule has 2 nitrogen and oxygen atoms in total. The van der Waals surface area contributed by atoms with Crippen molar-refractivity contribution >= 4 is 17.4 Å². The van der Waals surface area contributed by atoms with Crippen LogP contribution in [0.25, 0.3) is 0 Å². The fraction of sp³-hybridized carbons (Fsp3) is 0.500. The Balaban J connectivity index is 3.02. The van der Waals surface area contributed by atoms with Crippen LogP contribution in [0.5, 0.6) is 5.75 Å². The van der Waals surface area contributed by atoms with E-state index in [0.29, 0.717) is 5.56 Å². The molecule has 0 spiro atoms. The second-order valence-electron chi connectivity index (χ2n) is 4.94. The summed E-state index contributed by atoms with van der Waals surface area (Å²) in [6.45, 7) is 9.24. The summed E-state index contributed by atoms with van der Waals surface area (Å²) in [7, 11) is 0. The monoisotopic (exact) mass is 254 g/mol. The lowest BCUT2D eigenvalue weighted by Crippen LogP contribution is -2.25. The summed E-state index contributed by atoms with van der Waals surface area (Å²) in [5, 5.41) is 0. The number of halogens is 1. The van der Waals surface area contributed by atoms with Gasteiger partial charge in [0.1, 0.15) is 10.6 Å². The zero-order valence-corrected chi connectivity index (χ0v) is 11.8. The zero-order valence-electron chi connectivity index (χ0n) is 11.0. The van der Waals surface area contributed by atoms with Crippen molar-refractivity contribution in [3.63, 3.8) is 0 Å². The highest BCUT2D eigenvalue weighted by Gasteiger charge is 2.26. The number of hydrogen-bond acceptors (Lipinski definition) is 2. The molecular weight excluding hydrogens is 236 g/mol. The van der Waals surface area contributed by atoms with Crippen molar-refractivity contribution in [2.75, 3.05) is 0 Å². The number of rotatable bonds is 4. The molecule has 1 rings (SSSR count). The van der Waals surface area contributed by atoms with Crippen molar-refractivity contribution in [3.05, 3.63) is 29.3 Å². The van der Waals surface area contributed by atoms with Crippen LogP contribution in [-0.2, 0) is 0 Å². The van der Waals surface area contributed by atoms with Gasteiger partial charge in [0, 0.05) is 5.56 Å². The van der Waals surface area contributed by atoms with Crippen molar-refractivity contribution in [2.24, 2.45) is 0 Å². The number of alkyl halides is 1. The molecular formula is C14H19ClO2. The summed E-state index contributed by atoms with van der Waals surface area (Å²) in [6.07, 6.45) is 0.125. The fourth-order valence-electron chi connectivity index (χ4n) is 1.56. The summed E-state index contributed by atoms with van der Waals surface area (Å²) >= 11 is 6.03. The van der Waals surface area contributed by atoms with Crippen molar-refractivity contribution in [1.29, 1.82) is 0 Å². The largest absolute Gasteiger partial charge is 0.491 e. The van der Waals surface area contributed by atoms with Gasteiger partial charge in [0.2, 0.25) is 0 Å². The van der Waals surface area contributed by atoms with Crippen LogP contribution >= 0.6 is 11.6 Å². The second-order valence-corrected chi connectivity index (χ2v) is 5.89. The van der Waals surface area contributed by atoms with E-state index in [9.17, 15) is 4.79 Å². The maximum atomic E-state index is 12.0. The van der Waals surface area contributed by atoms with Gasteiger partial charge < -0.3 is 4.74 Å². The molecule has 1 aromatic rings. The molecule has 0 bridgehead atoms. The normalized spacial score (nSPS) is 11.7. The molecule has 0 aliphatic carbocycles. The van der Waals surface area contributed by atoms with E-state index in [1.165, 1.54) is 0 Å². The van der Waals surface area contributed by atoms with Crippen molar-refractivity contribution in [1.82, 2.24) is 0 Å². The zero-order chi connectivity index (χ0) is 13.2. The summed E-state index contributed by atoms with van der Waals surface area (Å²) in [4.78, 5) is 11.2. The number of ketones is 1. The number of ether oxygens (including phenoxy) is 1. The van der Waals surface area contributed by atoms with Crippen LogP contribution in [0.4, 0.5) is 0 Å². The van der Waals surface area contributed by atoms with Gasteiger partial charge in [0.25, 0.3) is 0 Å². The molecule has 0 saturated heterocycles. The van der Waals surface area contributed by atoms with E-state index in [-0.39, 0.29) is 11.9 Å². The van der Waals surface area contributed by atoms with Gasteiger partial charge in [-0.05, 0) is 58.4 Å². The van der Waals surface area contributed by atoms with Crippen LogP contribution < -0.4 is 4.74 Å². The Morgan fingerprint density at radius 3 is 2.35 bits per heavy atom. The average molecular weight is 255 g/mol. The van der Waals surface area contributed by atoms with Gasteiger partial charge in [0.15, 0.2) is 5.78 Å². The molecule has 0 radical (unpaired) electrons. The van der Waals surface area contributed by atoms with E-state index < -0.39 is 4.87 Å². The van der Waals surface area contributed by atoms with Crippen molar-refractivity contribution in [3.8, 4) is 5.75 Å². The molecule has 0 aliphatic heterocycles. The van der Waals surface area contributed by atoms with Gasteiger partial charge >= 0.3 is 0 Å². The second kappa shape index (κ2) is 5.09. The van der Waals surface area contributed by atoms with Gasteiger partial charge in [-0.1, -0.05) is 0 Å². The molecule has 0 aromatic heterocycles. The highest BCUT2D eigenvalue weighted by atomic mass is 35.5. The predicted octanol–water partition coefficient (Wildman–Crippen LogP) is 3.98. The molecule has 0 atom stereocenters. The molecule has 0 unspecified atom stereocenters. The lowest BCUT2D eigenvalue weighted by molar-refractivity contribution is 0.0954.